The van der Waals surface area contributed by atoms with Gasteiger partial charge in [0.05, 0.1) is 11.4 Å². The third-order valence-corrected chi connectivity index (χ3v) is 5.49. The summed E-state index contributed by atoms with van der Waals surface area (Å²) < 4.78 is 1.67. The van der Waals surface area contributed by atoms with Crippen LogP contribution >= 0.6 is 23.4 Å². The van der Waals surface area contributed by atoms with E-state index in [9.17, 15) is 4.79 Å². The number of hydrogen-bond acceptors (Lipinski definition) is 5. The molecule has 0 radical (unpaired) electrons. The number of carbonyl (C=O) groups excluding carboxylic acids is 1. The molecular weight excluding hydrogens is 406 g/mol. The molecular formula is C21H18ClN5OS. The zero-order valence-corrected chi connectivity index (χ0v) is 17.2. The summed E-state index contributed by atoms with van der Waals surface area (Å²) in [6.07, 6.45) is 0.996. The van der Waals surface area contributed by atoms with Gasteiger partial charge in [-0.25, -0.2) is 0 Å². The molecule has 8 heteroatoms. The zero-order valence-electron chi connectivity index (χ0n) is 15.7. The van der Waals surface area contributed by atoms with Gasteiger partial charge in [0, 0.05) is 16.3 Å². The van der Waals surface area contributed by atoms with Crippen LogP contribution in [0.4, 0.5) is 5.69 Å². The fraction of sp³-hybridized carbons (Fsp3) is 0.143. The number of amides is 1. The fourth-order valence-corrected chi connectivity index (χ4v) is 3.70. The molecule has 0 spiro atoms. The summed E-state index contributed by atoms with van der Waals surface area (Å²) in [5.41, 5.74) is 4.42. The first kappa shape index (κ1) is 19.4. The molecule has 0 bridgehead atoms. The smallest absolute Gasteiger partial charge is 0.234 e. The Morgan fingerprint density at radius 1 is 1.10 bits per heavy atom. The highest BCUT2D eigenvalue weighted by Crippen LogP contribution is 2.22. The number of thioether (sulfide) groups is 1. The molecule has 146 valence electrons. The van der Waals surface area contributed by atoms with Crippen LogP contribution in [0.15, 0.2) is 65.8 Å². The Labute approximate surface area is 177 Å². The summed E-state index contributed by atoms with van der Waals surface area (Å²) in [7, 11) is 0. The Balaban J connectivity index is 1.49. The van der Waals surface area contributed by atoms with Crippen LogP contribution in [-0.4, -0.2) is 31.5 Å². The maximum atomic E-state index is 12.3. The lowest BCUT2D eigenvalue weighted by atomic mass is 10.1. The van der Waals surface area contributed by atoms with Crippen molar-refractivity contribution in [3.8, 4) is 11.3 Å². The Morgan fingerprint density at radius 2 is 1.93 bits per heavy atom. The van der Waals surface area contributed by atoms with Crippen molar-refractivity contribution in [2.24, 2.45) is 0 Å². The average Bonchev–Trinajstić information content (AvgIpc) is 3.14. The number of fused-ring (bicyclic) bond motifs is 1. The SMILES string of the molecule is CCc1ccc(-c2ccc3nnc(SCC(=O)Nc4cccc(Cl)c4)n3n2)cc1. The van der Waals surface area contributed by atoms with E-state index in [1.54, 1.807) is 28.8 Å². The molecule has 0 saturated carbocycles. The lowest BCUT2D eigenvalue weighted by molar-refractivity contribution is -0.113. The molecule has 0 saturated heterocycles. The number of hydrogen-bond donors (Lipinski definition) is 1. The van der Waals surface area contributed by atoms with Crippen molar-refractivity contribution >= 4 is 40.6 Å². The van der Waals surface area contributed by atoms with Crippen molar-refractivity contribution < 1.29 is 4.79 Å². The molecule has 1 amide bonds. The van der Waals surface area contributed by atoms with Crippen molar-refractivity contribution in [1.29, 1.82) is 0 Å². The monoisotopic (exact) mass is 423 g/mol. The van der Waals surface area contributed by atoms with Crippen LogP contribution in [-0.2, 0) is 11.2 Å². The molecule has 4 rings (SSSR count). The van der Waals surface area contributed by atoms with Gasteiger partial charge in [0.2, 0.25) is 11.1 Å². The lowest BCUT2D eigenvalue weighted by Gasteiger charge is -2.06. The molecule has 6 nitrogen and oxygen atoms in total. The van der Waals surface area contributed by atoms with Crippen LogP contribution in [0.3, 0.4) is 0 Å². The summed E-state index contributed by atoms with van der Waals surface area (Å²) in [6, 6.07) is 19.2. The highest BCUT2D eigenvalue weighted by atomic mass is 35.5. The molecule has 0 fully saturated rings. The molecule has 2 heterocycles. The van der Waals surface area contributed by atoms with Gasteiger partial charge in [-0.05, 0) is 42.3 Å². The quantitative estimate of drug-likeness (QED) is 0.453. The van der Waals surface area contributed by atoms with Gasteiger partial charge in [0.15, 0.2) is 5.65 Å². The topological polar surface area (TPSA) is 72.2 Å². The van der Waals surface area contributed by atoms with Crippen molar-refractivity contribution in [3.05, 3.63) is 71.2 Å². The predicted molar refractivity (Wildman–Crippen MR) is 116 cm³/mol. The summed E-state index contributed by atoms with van der Waals surface area (Å²) in [4.78, 5) is 12.3. The van der Waals surface area contributed by atoms with Gasteiger partial charge in [0.25, 0.3) is 0 Å². The van der Waals surface area contributed by atoms with Crippen LogP contribution in [0.25, 0.3) is 16.9 Å². The molecule has 0 unspecified atom stereocenters. The summed E-state index contributed by atoms with van der Waals surface area (Å²) in [6.45, 7) is 2.13. The third-order valence-electron chi connectivity index (χ3n) is 4.33. The number of nitrogens with zero attached hydrogens (tertiary/aromatic N) is 4. The molecule has 1 N–H and O–H groups in total. The minimum absolute atomic E-state index is 0.152. The normalized spacial score (nSPS) is 11.0. The van der Waals surface area contributed by atoms with Crippen LogP contribution < -0.4 is 5.32 Å². The molecule has 0 atom stereocenters. The van der Waals surface area contributed by atoms with Gasteiger partial charge in [-0.1, -0.05) is 60.6 Å². The first-order chi connectivity index (χ1) is 14.1. The number of benzene rings is 2. The maximum absolute atomic E-state index is 12.3. The number of anilines is 1. The lowest BCUT2D eigenvalue weighted by Crippen LogP contribution is -2.14. The van der Waals surface area contributed by atoms with Crippen molar-refractivity contribution in [3.63, 3.8) is 0 Å². The van der Waals surface area contributed by atoms with E-state index in [0.717, 1.165) is 17.7 Å². The molecule has 29 heavy (non-hydrogen) atoms. The number of aryl methyl sites for hydroxylation is 1. The Hall–Kier alpha value is -2.90. The van der Waals surface area contributed by atoms with E-state index in [2.05, 4.69) is 51.8 Å². The minimum atomic E-state index is -0.152. The second-order valence-electron chi connectivity index (χ2n) is 6.37. The average molecular weight is 424 g/mol. The second kappa shape index (κ2) is 8.63. The predicted octanol–water partition coefficient (Wildman–Crippen LogP) is 4.74. The Bertz CT molecular complexity index is 1160. The number of aromatic nitrogens is 4. The number of nitrogens with one attached hydrogen (secondary N) is 1. The minimum Gasteiger partial charge on any atom is -0.325 e. The van der Waals surface area contributed by atoms with E-state index < -0.39 is 0 Å². The van der Waals surface area contributed by atoms with Gasteiger partial charge in [-0.3, -0.25) is 4.79 Å². The molecule has 2 aromatic carbocycles. The summed E-state index contributed by atoms with van der Waals surface area (Å²) in [5.74, 6) is 0.0325. The van der Waals surface area contributed by atoms with Gasteiger partial charge in [0.1, 0.15) is 0 Å². The summed E-state index contributed by atoms with van der Waals surface area (Å²) in [5, 5.41) is 16.9. The van der Waals surface area contributed by atoms with E-state index in [-0.39, 0.29) is 11.7 Å². The number of carbonyl (C=O) groups is 1. The highest BCUT2D eigenvalue weighted by Gasteiger charge is 2.12. The number of rotatable bonds is 6. The first-order valence-corrected chi connectivity index (χ1v) is 10.5. The van der Waals surface area contributed by atoms with E-state index in [0.29, 0.717) is 21.5 Å². The highest BCUT2D eigenvalue weighted by molar-refractivity contribution is 7.99. The van der Waals surface area contributed by atoms with E-state index >= 15 is 0 Å². The molecule has 0 aliphatic heterocycles. The van der Waals surface area contributed by atoms with Gasteiger partial charge >= 0.3 is 0 Å². The zero-order chi connectivity index (χ0) is 20.2. The van der Waals surface area contributed by atoms with Crippen LogP contribution in [0.1, 0.15) is 12.5 Å². The van der Waals surface area contributed by atoms with Crippen LogP contribution in [0, 0.1) is 0 Å². The van der Waals surface area contributed by atoms with Crippen LogP contribution in [0.5, 0.6) is 0 Å². The van der Waals surface area contributed by atoms with E-state index in [1.807, 2.05) is 12.1 Å². The largest absolute Gasteiger partial charge is 0.325 e. The van der Waals surface area contributed by atoms with Crippen molar-refractivity contribution in [2.75, 3.05) is 11.1 Å². The van der Waals surface area contributed by atoms with Crippen LogP contribution in [0.2, 0.25) is 5.02 Å². The number of halogens is 1. The van der Waals surface area contributed by atoms with Gasteiger partial charge in [-0.15, -0.1) is 10.2 Å². The van der Waals surface area contributed by atoms with E-state index in [1.165, 1.54) is 17.3 Å². The standard InChI is InChI=1S/C21H18ClN5OS/c1-2-14-6-8-15(9-7-14)18-10-11-19-24-25-21(27(19)26-18)29-13-20(28)23-17-5-3-4-16(22)12-17/h3-12H,2,13H2,1H3,(H,23,28). The Kier molecular flexibility index (Phi) is 5.78. The summed E-state index contributed by atoms with van der Waals surface area (Å²) >= 11 is 7.23. The maximum Gasteiger partial charge on any atom is 0.234 e. The molecule has 2 aromatic heterocycles. The molecule has 0 aliphatic rings. The van der Waals surface area contributed by atoms with Crippen molar-refractivity contribution in [2.45, 2.75) is 18.5 Å². The van der Waals surface area contributed by atoms with Crippen molar-refractivity contribution in [1.82, 2.24) is 19.8 Å². The third kappa shape index (κ3) is 4.58. The molecule has 0 aliphatic carbocycles. The second-order valence-corrected chi connectivity index (χ2v) is 7.75. The van der Waals surface area contributed by atoms with Gasteiger partial charge < -0.3 is 5.32 Å². The van der Waals surface area contributed by atoms with Gasteiger partial charge in [-0.2, -0.15) is 9.61 Å². The first-order valence-electron chi connectivity index (χ1n) is 9.12. The molecule has 4 aromatic rings. The van der Waals surface area contributed by atoms with E-state index in [4.69, 9.17) is 11.6 Å². The fourth-order valence-electron chi connectivity index (χ4n) is 2.82. The Morgan fingerprint density at radius 3 is 2.69 bits per heavy atom.